The van der Waals surface area contributed by atoms with Gasteiger partial charge in [-0.25, -0.2) is 57.1 Å². The van der Waals surface area contributed by atoms with Crippen molar-refractivity contribution in [3.63, 3.8) is 0 Å². The summed E-state index contributed by atoms with van der Waals surface area (Å²) in [5.41, 5.74) is -7.12. The Labute approximate surface area is 189 Å². The first-order valence-electron chi connectivity index (χ1n) is 8.20. The molecule has 0 heterocycles. The molecule has 0 aliphatic carbocycles. The van der Waals surface area contributed by atoms with E-state index in [2.05, 4.69) is 0 Å². The van der Waals surface area contributed by atoms with E-state index in [9.17, 15) is 57.1 Å². The zero-order valence-electron chi connectivity index (χ0n) is 15.2. The predicted octanol–water partition coefficient (Wildman–Crippen LogP) is 7.98. The fourth-order valence-electron chi connectivity index (χ4n) is 3.06. The van der Waals surface area contributed by atoms with Crippen molar-refractivity contribution in [2.45, 2.75) is 5.92 Å². The summed E-state index contributed by atoms with van der Waals surface area (Å²) in [6.07, 6.45) is 0. The zero-order valence-corrected chi connectivity index (χ0v) is 16.8. The Hall–Kier alpha value is -2.67. The largest absolute Gasteiger partial charge is 0.205 e. The number of rotatable bonds is 3. The quantitative estimate of drug-likeness (QED) is 0.135. The van der Waals surface area contributed by atoms with Gasteiger partial charge in [-0.15, -0.1) is 0 Å². The van der Waals surface area contributed by atoms with Crippen LogP contribution in [0.4, 0.5) is 57.1 Å². The van der Waals surface area contributed by atoms with E-state index in [-0.39, 0.29) is 0 Å². The monoisotopic (exact) mass is 546 g/mol. The Bertz CT molecular complexity index is 1120. The van der Waals surface area contributed by atoms with Crippen molar-refractivity contribution in [1.82, 2.24) is 0 Å². The van der Waals surface area contributed by atoms with Gasteiger partial charge >= 0.3 is 0 Å². The predicted molar refractivity (Wildman–Crippen MR) is 89.7 cm³/mol. The first-order chi connectivity index (χ1) is 15.7. The van der Waals surface area contributed by atoms with E-state index >= 15 is 0 Å². The van der Waals surface area contributed by atoms with Crippen LogP contribution in [0.3, 0.4) is 0 Å². The molecule has 3 aromatic rings. The topological polar surface area (TPSA) is 0 Å². The molecule has 0 atom stereocenters. The second kappa shape index (κ2) is 8.84. The van der Waals surface area contributed by atoms with Crippen LogP contribution in [0.5, 0.6) is 0 Å². The van der Waals surface area contributed by atoms with Crippen LogP contribution in [0.1, 0.15) is 22.6 Å². The highest BCUT2D eigenvalue weighted by molar-refractivity contribution is 6.35. The lowest BCUT2D eigenvalue weighted by Crippen LogP contribution is -2.21. The van der Waals surface area contributed by atoms with Gasteiger partial charge in [0.2, 0.25) is 11.6 Å². The Morgan fingerprint density at radius 3 is 0.765 bits per heavy atom. The van der Waals surface area contributed by atoms with Crippen molar-refractivity contribution in [1.29, 1.82) is 0 Å². The molecule has 0 aliphatic heterocycles. The van der Waals surface area contributed by atoms with Gasteiger partial charge in [-0.3, -0.25) is 0 Å². The maximum absolute atomic E-state index is 14.7. The minimum atomic E-state index is -3.65. The van der Waals surface area contributed by atoms with Crippen LogP contribution in [0.25, 0.3) is 0 Å². The molecule has 34 heavy (non-hydrogen) atoms. The van der Waals surface area contributed by atoms with E-state index in [1.54, 1.807) is 0 Å². The number of benzene rings is 3. The summed E-state index contributed by atoms with van der Waals surface area (Å²) in [5.74, 6) is -39.5. The van der Waals surface area contributed by atoms with Crippen molar-refractivity contribution < 1.29 is 57.1 Å². The average molecular weight is 547 g/mol. The number of halogens is 15. The Morgan fingerprint density at radius 2 is 0.500 bits per heavy atom. The highest BCUT2D eigenvalue weighted by atomic mass is 35.5. The first kappa shape index (κ1) is 25.9. The highest BCUT2D eigenvalue weighted by Crippen LogP contribution is 2.46. The summed E-state index contributed by atoms with van der Waals surface area (Å²) in [7, 11) is 0. The van der Waals surface area contributed by atoms with Crippen LogP contribution in [-0.2, 0) is 0 Å². The number of hydrogen-bond acceptors (Lipinski definition) is 0. The molecule has 0 fully saturated rings. The smallest absolute Gasteiger partial charge is 0.200 e. The molecule has 0 radical (unpaired) electrons. The molecule has 0 aliphatic rings. The van der Waals surface area contributed by atoms with Gasteiger partial charge in [0, 0.05) is 16.7 Å². The van der Waals surface area contributed by atoms with Crippen LogP contribution < -0.4 is 0 Å². The lowest BCUT2D eigenvalue weighted by atomic mass is 9.82. The molecule has 0 amide bonds. The van der Waals surface area contributed by atoms with Crippen LogP contribution in [0.2, 0.25) is 10.0 Å². The fourth-order valence-corrected chi connectivity index (χ4v) is 3.50. The summed E-state index contributed by atoms with van der Waals surface area (Å²) >= 11 is 10.4. The van der Waals surface area contributed by atoms with Gasteiger partial charge in [0.1, 0.15) is 10.0 Å². The summed E-state index contributed by atoms with van der Waals surface area (Å²) in [6.45, 7) is 0. The average Bonchev–Trinajstić information content (AvgIpc) is 2.81. The minimum absolute atomic E-state index is 1.81. The van der Waals surface area contributed by atoms with Gasteiger partial charge in [-0.1, -0.05) is 23.2 Å². The van der Waals surface area contributed by atoms with Gasteiger partial charge in [0.25, 0.3) is 0 Å². The van der Waals surface area contributed by atoms with Crippen molar-refractivity contribution >= 4 is 23.2 Å². The molecule has 0 spiro atoms. The van der Waals surface area contributed by atoms with Crippen molar-refractivity contribution in [3.05, 3.63) is 102 Å². The van der Waals surface area contributed by atoms with Crippen LogP contribution in [0.15, 0.2) is 0 Å². The van der Waals surface area contributed by atoms with Gasteiger partial charge in [-0.2, -0.15) is 0 Å². The summed E-state index contributed by atoms with van der Waals surface area (Å²) < 4.78 is 183. The minimum Gasteiger partial charge on any atom is -0.205 e. The molecule has 0 saturated carbocycles. The molecular weight excluding hydrogens is 546 g/mol. The molecule has 0 bridgehead atoms. The van der Waals surface area contributed by atoms with E-state index < -0.39 is 108 Å². The Kier molecular flexibility index (Phi) is 6.74. The summed E-state index contributed by atoms with van der Waals surface area (Å²) in [5, 5.41) is -3.61. The first-order valence-corrected chi connectivity index (χ1v) is 8.96. The molecule has 0 saturated heterocycles. The molecule has 3 aromatic carbocycles. The van der Waals surface area contributed by atoms with Gasteiger partial charge < -0.3 is 0 Å². The molecule has 0 nitrogen and oxygen atoms in total. The van der Waals surface area contributed by atoms with Crippen LogP contribution in [0, 0.1) is 75.6 Å². The molecule has 0 aromatic heterocycles. The Morgan fingerprint density at radius 1 is 0.294 bits per heavy atom. The normalized spacial score (nSPS) is 11.6. The SMILES string of the molecule is Fc1c(F)c(F)c(C(c2c(F)c(F)c(F)c(F)c2F)c2c(F)c(Cl)c(F)c(Cl)c2F)c(F)c1F. The fraction of sp³-hybridized carbons (Fsp3) is 0.0526. The van der Waals surface area contributed by atoms with Gasteiger partial charge in [-0.05, 0) is 0 Å². The van der Waals surface area contributed by atoms with Gasteiger partial charge in [0.15, 0.2) is 64.0 Å². The van der Waals surface area contributed by atoms with Crippen LogP contribution >= 0.6 is 23.2 Å². The third-order valence-electron chi connectivity index (χ3n) is 4.60. The van der Waals surface area contributed by atoms with Crippen LogP contribution in [-0.4, -0.2) is 0 Å². The second-order valence-corrected chi connectivity index (χ2v) is 7.14. The third kappa shape index (κ3) is 3.56. The van der Waals surface area contributed by atoms with E-state index in [1.807, 2.05) is 0 Å². The van der Waals surface area contributed by atoms with Gasteiger partial charge in [0.05, 0.1) is 5.92 Å². The summed E-state index contributed by atoms with van der Waals surface area (Å²) in [4.78, 5) is 0. The molecule has 15 heteroatoms. The lowest BCUT2D eigenvalue weighted by Gasteiger charge is -2.24. The molecule has 0 N–H and O–H groups in total. The molecule has 3 rings (SSSR count). The van der Waals surface area contributed by atoms with E-state index in [0.29, 0.717) is 0 Å². The second-order valence-electron chi connectivity index (χ2n) is 6.38. The molecule has 182 valence electrons. The Balaban J connectivity index is 2.68. The van der Waals surface area contributed by atoms with Crippen molar-refractivity contribution in [3.8, 4) is 0 Å². The lowest BCUT2D eigenvalue weighted by molar-refractivity contribution is 0.355. The van der Waals surface area contributed by atoms with Crippen molar-refractivity contribution in [2.75, 3.05) is 0 Å². The van der Waals surface area contributed by atoms with E-state index in [0.717, 1.165) is 0 Å². The zero-order chi connectivity index (χ0) is 26.0. The van der Waals surface area contributed by atoms with Crippen molar-refractivity contribution in [2.24, 2.45) is 0 Å². The third-order valence-corrected chi connectivity index (χ3v) is 5.26. The van der Waals surface area contributed by atoms with E-state index in [1.165, 1.54) is 0 Å². The molecular formula is C19HCl2F13. The summed E-state index contributed by atoms with van der Waals surface area (Å²) in [6, 6.07) is 0. The maximum atomic E-state index is 14.7. The maximum Gasteiger partial charge on any atom is 0.200 e. The van der Waals surface area contributed by atoms with E-state index in [4.69, 9.17) is 23.2 Å². The highest BCUT2D eigenvalue weighted by Gasteiger charge is 2.42. The number of hydrogen-bond donors (Lipinski definition) is 0. The molecule has 0 unspecified atom stereocenters. The standard InChI is InChI=1S/C19HCl2F13/c20-5-7(22)2(8(23)6(21)13(5)28)1(3-9(24)14(29)18(33)15(30)10(3)25)4-11(26)16(31)19(34)17(32)12(4)27/h1H.